The van der Waals surface area contributed by atoms with Gasteiger partial charge in [0.2, 0.25) is 0 Å². The van der Waals surface area contributed by atoms with E-state index in [0.717, 1.165) is 23.6 Å². The Morgan fingerprint density at radius 1 is 1.30 bits per heavy atom. The van der Waals surface area contributed by atoms with Crippen molar-refractivity contribution in [1.29, 1.82) is 0 Å². The van der Waals surface area contributed by atoms with Gasteiger partial charge in [-0.2, -0.15) is 0 Å². The molecule has 0 radical (unpaired) electrons. The van der Waals surface area contributed by atoms with Crippen molar-refractivity contribution < 1.29 is 14.4 Å². The Bertz CT molecular complexity index is 492. The number of hydrogen-bond donors (Lipinski definition) is 2. The minimum atomic E-state index is 0.146. The van der Waals surface area contributed by atoms with Crippen LogP contribution in [0.25, 0.3) is 0 Å². The summed E-state index contributed by atoms with van der Waals surface area (Å²) in [4.78, 5) is 13.3. The summed E-state index contributed by atoms with van der Waals surface area (Å²) in [5.74, 6) is 1.55. The van der Waals surface area contributed by atoms with Crippen LogP contribution in [0.1, 0.15) is 32.6 Å². The summed E-state index contributed by atoms with van der Waals surface area (Å²) in [5, 5.41) is 3.90. The van der Waals surface area contributed by atoms with Crippen LogP contribution in [0.15, 0.2) is 24.3 Å². The van der Waals surface area contributed by atoms with Crippen molar-refractivity contribution in [3.8, 4) is 5.75 Å². The number of ether oxygens (including phenoxy) is 1. The molecule has 1 aromatic rings. The maximum atomic E-state index is 12.2. The van der Waals surface area contributed by atoms with Crippen LogP contribution in [-0.4, -0.2) is 38.7 Å². The molecule has 3 atom stereocenters. The number of carbonyl (C=O) groups excluding carboxylic acids is 1. The summed E-state index contributed by atoms with van der Waals surface area (Å²) in [5.41, 5.74) is 0. The minimum Gasteiger partial charge on any atom is -0.488 e. The van der Waals surface area contributed by atoms with Gasteiger partial charge in [-0.3, -0.25) is 4.79 Å². The van der Waals surface area contributed by atoms with Crippen molar-refractivity contribution in [2.45, 2.75) is 38.6 Å². The van der Waals surface area contributed by atoms with E-state index in [1.807, 2.05) is 31.3 Å². The van der Waals surface area contributed by atoms with E-state index in [0.29, 0.717) is 30.1 Å². The Kier molecular flexibility index (Phi) is 7.18. The van der Waals surface area contributed by atoms with Crippen LogP contribution in [0.5, 0.6) is 5.75 Å². The van der Waals surface area contributed by atoms with Crippen LogP contribution >= 0.6 is 11.6 Å². The zero-order chi connectivity index (χ0) is 16.7. The zero-order valence-corrected chi connectivity index (χ0v) is 14.9. The molecule has 1 aliphatic rings. The maximum absolute atomic E-state index is 12.2. The third-order valence-corrected chi connectivity index (χ3v) is 4.78. The molecule has 1 amide bonds. The molecule has 1 aliphatic carbocycles. The lowest BCUT2D eigenvalue weighted by molar-refractivity contribution is -0.871. The number of benzene rings is 1. The monoisotopic (exact) mass is 339 g/mol. The summed E-state index contributed by atoms with van der Waals surface area (Å²) >= 11 is 5.84. The molecule has 2 N–H and O–H groups in total. The van der Waals surface area contributed by atoms with Crippen molar-refractivity contribution >= 4 is 17.5 Å². The fraction of sp³-hybridized carbons (Fsp3) is 0.611. The van der Waals surface area contributed by atoms with Gasteiger partial charge in [0.15, 0.2) is 6.54 Å². The molecule has 0 aliphatic heterocycles. The number of amides is 1. The van der Waals surface area contributed by atoms with Gasteiger partial charge in [0.25, 0.3) is 5.91 Å². The van der Waals surface area contributed by atoms with Crippen LogP contribution < -0.4 is 15.0 Å². The largest absolute Gasteiger partial charge is 0.488 e. The Morgan fingerprint density at radius 3 is 2.70 bits per heavy atom. The van der Waals surface area contributed by atoms with Gasteiger partial charge < -0.3 is 15.0 Å². The van der Waals surface area contributed by atoms with Crippen LogP contribution in [0, 0.1) is 5.92 Å². The molecular weight excluding hydrogens is 312 g/mol. The number of nitrogens with one attached hydrogen (secondary N) is 2. The van der Waals surface area contributed by atoms with E-state index >= 15 is 0 Å². The molecule has 2 rings (SSSR count). The van der Waals surface area contributed by atoms with Gasteiger partial charge in [-0.05, 0) is 43.0 Å². The van der Waals surface area contributed by atoms with E-state index in [-0.39, 0.29) is 5.91 Å². The molecule has 0 bridgehead atoms. The predicted octanol–water partition coefficient (Wildman–Crippen LogP) is 1.93. The first kappa shape index (κ1) is 18.1. The Morgan fingerprint density at radius 2 is 2.00 bits per heavy atom. The topological polar surface area (TPSA) is 42.8 Å². The van der Waals surface area contributed by atoms with E-state index in [1.54, 1.807) is 0 Å². The standard InChI is InChI=1S/C18H27ClN2O2/c1-14-5-3-4-6-17(14)20-18(22)13-21(2)11-12-23-16-9-7-15(19)8-10-16/h7-10,14,17H,3-6,11-13H2,1-2H3,(H,20,22)/p+1/t14-,17+/m0/s1. The molecule has 5 heteroatoms. The molecule has 0 saturated heterocycles. The van der Waals surface area contributed by atoms with Crippen LogP contribution in [0.2, 0.25) is 5.02 Å². The second-order valence-corrected chi connectivity index (χ2v) is 7.06. The molecule has 0 spiro atoms. The highest BCUT2D eigenvalue weighted by molar-refractivity contribution is 6.30. The van der Waals surface area contributed by atoms with Gasteiger partial charge in [0.1, 0.15) is 18.9 Å². The highest BCUT2D eigenvalue weighted by Crippen LogP contribution is 2.23. The molecule has 1 saturated carbocycles. The third-order valence-electron chi connectivity index (χ3n) is 4.53. The maximum Gasteiger partial charge on any atom is 0.275 e. The normalized spacial score (nSPS) is 22.4. The number of halogens is 1. The lowest BCUT2D eigenvalue weighted by Crippen LogP contribution is -3.10. The van der Waals surface area contributed by atoms with Crippen LogP contribution in [0.3, 0.4) is 0 Å². The second-order valence-electron chi connectivity index (χ2n) is 6.62. The van der Waals surface area contributed by atoms with Crippen molar-refractivity contribution in [3.63, 3.8) is 0 Å². The van der Waals surface area contributed by atoms with Crippen molar-refractivity contribution in [2.75, 3.05) is 26.7 Å². The van der Waals surface area contributed by atoms with Crippen LogP contribution in [-0.2, 0) is 4.79 Å². The Hall–Kier alpha value is -1.26. The van der Waals surface area contributed by atoms with Gasteiger partial charge in [-0.25, -0.2) is 0 Å². The summed E-state index contributed by atoms with van der Waals surface area (Å²) < 4.78 is 5.67. The first-order chi connectivity index (χ1) is 11.0. The van der Waals surface area contributed by atoms with Crippen molar-refractivity contribution in [1.82, 2.24) is 5.32 Å². The second kappa shape index (κ2) is 9.14. The van der Waals surface area contributed by atoms with Gasteiger partial charge in [-0.15, -0.1) is 0 Å². The summed E-state index contributed by atoms with van der Waals surface area (Å²) in [6.45, 7) is 4.10. The molecule has 1 aromatic carbocycles. The molecule has 0 aromatic heterocycles. The molecule has 0 heterocycles. The fourth-order valence-corrected chi connectivity index (χ4v) is 3.15. The molecule has 1 fully saturated rings. The van der Waals surface area contributed by atoms with Crippen LogP contribution in [0.4, 0.5) is 0 Å². The van der Waals surface area contributed by atoms with Gasteiger partial charge >= 0.3 is 0 Å². The van der Waals surface area contributed by atoms with Crippen molar-refractivity contribution in [3.05, 3.63) is 29.3 Å². The minimum absolute atomic E-state index is 0.146. The van der Waals surface area contributed by atoms with Gasteiger partial charge in [0.05, 0.1) is 7.05 Å². The fourth-order valence-electron chi connectivity index (χ4n) is 3.02. The van der Waals surface area contributed by atoms with Gasteiger partial charge in [0, 0.05) is 11.1 Å². The first-order valence-electron chi connectivity index (χ1n) is 8.53. The Labute approximate surface area is 144 Å². The average molecular weight is 340 g/mol. The summed E-state index contributed by atoms with van der Waals surface area (Å²) in [7, 11) is 2.02. The first-order valence-corrected chi connectivity index (χ1v) is 8.91. The lowest BCUT2D eigenvalue weighted by atomic mass is 9.86. The van der Waals surface area contributed by atoms with Crippen molar-refractivity contribution in [2.24, 2.45) is 5.92 Å². The number of rotatable bonds is 7. The predicted molar refractivity (Wildman–Crippen MR) is 93.1 cm³/mol. The zero-order valence-electron chi connectivity index (χ0n) is 14.1. The quantitative estimate of drug-likeness (QED) is 0.797. The van der Waals surface area contributed by atoms with Gasteiger partial charge in [-0.1, -0.05) is 31.4 Å². The molecule has 1 unspecified atom stereocenters. The number of carbonyl (C=O) groups is 1. The highest BCUT2D eigenvalue weighted by atomic mass is 35.5. The molecule has 128 valence electrons. The Balaban J connectivity index is 1.64. The SMILES string of the molecule is C[C@H]1CCCC[C@H]1NC(=O)C[NH+](C)CCOc1ccc(Cl)cc1. The third kappa shape index (κ3) is 6.40. The summed E-state index contributed by atoms with van der Waals surface area (Å²) in [6, 6.07) is 7.69. The summed E-state index contributed by atoms with van der Waals surface area (Å²) in [6.07, 6.45) is 4.86. The number of likely N-dealkylation sites (N-methyl/N-ethyl adjacent to an activating group) is 1. The number of quaternary nitrogens is 1. The molecular formula is C18H28ClN2O2+. The van der Waals surface area contributed by atoms with E-state index in [4.69, 9.17) is 16.3 Å². The lowest BCUT2D eigenvalue weighted by Gasteiger charge is -2.29. The average Bonchev–Trinajstić information content (AvgIpc) is 2.51. The van der Waals surface area contributed by atoms with E-state index in [9.17, 15) is 4.79 Å². The molecule has 4 nitrogen and oxygen atoms in total. The molecule has 23 heavy (non-hydrogen) atoms. The van der Waals surface area contributed by atoms with E-state index in [1.165, 1.54) is 19.3 Å². The highest BCUT2D eigenvalue weighted by Gasteiger charge is 2.23. The van der Waals surface area contributed by atoms with E-state index < -0.39 is 0 Å². The number of hydrogen-bond acceptors (Lipinski definition) is 2. The smallest absolute Gasteiger partial charge is 0.275 e. The van der Waals surface area contributed by atoms with E-state index in [2.05, 4.69) is 12.2 Å².